The highest BCUT2D eigenvalue weighted by molar-refractivity contribution is 7.91. The maximum Gasteiger partial charge on any atom is 0.241 e. The monoisotopic (exact) mass is 444 g/mol. The van der Waals surface area contributed by atoms with Crippen molar-refractivity contribution in [2.75, 3.05) is 43.8 Å². The van der Waals surface area contributed by atoms with Crippen molar-refractivity contribution in [2.45, 2.75) is 37.8 Å². The van der Waals surface area contributed by atoms with Crippen LogP contribution >= 0.6 is 0 Å². The fourth-order valence-electron chi connectivity index (χ4n) is 4.26. The van der Waals surface area contributed by atoms with Crippen molar-refractivity contribution in [3.05, 3.63) is 30.4 Å². The lowest BCUT2D eigenvalue weighted by atomic mass is 9.98. The lowest BCUT2D eigenvalue weighted by Gasteiger charge is -2.25. The van der Waals surface area contributed by atoms with E-state index in [1.807, 2.05) is 28.5 Å². The van der Waals surface area contributed by atoms with Crippen LogP contribution in [0.25, 0.3) is 16.6 Å². The van der Waals surface area contributed by atoms with Crippen LogP contribution in [0.1, 0.15) is 37.4 Å². The summed E-state index contributed by atoms with van der Waals surface area (Å²) in [5.41, 5.74) is 4.22. The van der Waals surface area contributed by atoms with Crippen LogP contribution in [0, 0.1) is 0 Å². The summed E-state index contributed by atoms with van der Waals surface area (Å²) in [5, 5.41) is 12.7. The van der Waals surface area contributed by atoms with Gasteiger partial charge in [-0.3, -0.25) is 4.68 Å². The summed E-state index contributed by atoms with van der Waals surface area (Å²) in [5.74, 6) is 2.39. The van der Waals surface area contributed by atoms with Crippen molar-refractivity contribution in [1.29, 1.82) is 0 Å². The maximum absolute atomic E-state index is 11.9. The number of anilines is 1. The molecule has 1 N–H and O–H groups in total. The Bertz CT molecular complexity index is 1040. The highest BCUT2D eigenvalue weighted by Crippen LogP contribution is 2.36. The molecule has 0 radical (unpaired) electrons. The molecular weight excluding hydrogens is 416 g/mol. The van der Waals surface area contributed by atoms with Crippen molar-refractivity contribution in [3.8, 4) is 11.1 Å². The lowest BCUT2D eigenvalue weighted by Crippen LogP contribution is -2.30. The minimum atomic E-state index is -0.702. The molecule has 2 saturated heterocycles. The van der Waals surface area contributed by atoms with Gasteiger partial charge in [-0.05, 0) is 13.0 Å². The summed E-state index contributed by atoms with van der Waals surface area (Å²) in [6.45, 7) is 4.03. The zero-order valence-electron chi connectivity index (χ0n) is 17.9. The number of nitrogens with one attached hydrogen (secondary N) is 1. The lowest BCUT2D eigenvalue weighted by molar-refractivity contribution is -0.0286. The summed E-state index contributed by atoms with van der Waals surface area (Å²) in [6.07, 6.45) is 7.67. The van der Waals surface area contributed by atoms with E-state index in [1.54, 1.807) is 7.11 Å². The number of ether oxygens (including phenoxy) is 2. The van der Waals surface area contributed by atoms with E-state index in [1.165, 1.54) is 0 Å². The van der Waals surface area contributed by atoms with Gasteiger partial charge in [0.2, 0.25) is 5.95 Å². The van der Waals surface area contributed by atoms with E-state index < -0.39 is 11.2 Å². The number of hydrogen-bond acceptors (Lipinski definition) is 7. The molecule has 2 aliphatic heterocycles. The van der Waals surface area contributed by atoms with Gasteiger partial charge in [0.15, 0.2) is 0 Å². The van der Waals surface area contributed by atoms with Gasteiger partial charge >= 0.3 is 0 Å². The number of methoxy groups -OCH3 is 1. The van der Waals surface area contributed by atoms with Crippen LogP contribution in [-0.2, 0) is 20.6 Å². The van der Waals surface area contributed by atoms with Crippen molar-refractivity contribution < 1.29 is 14.0 Å². The number of hydrogen-bond donors (Lipinski definition) is 1. The van der Waals surface area contributed by atoms with Crippen LogP contribution in [0.5, 0.6) is 0 Å². The second-order valence-corrected chi connectivity index (χ2v) is 10.1. The topological polar surface area (TPSA) is 102 Å². The van der Waals surface area contributed by atoms with E-state index >= 15 is 0 Å². The Morgan fingerprint density at radius 1 is 1.32 bits per heavy atom. The summed E-state index contributed by atoms with van der Waals surface area (Å²) in [4.78, 5) is 4.56. The van der Waals surface area contributed by atoms with Gasteiger partial charge in [0.05, 0.1) is 43.8 Å². The molecule has 5 rings (SSSR count). The predicted molar refractivity (Wildman–Crippen MR) is 119 cm³/mol. The summed E-state index contributed by atoms with van der Waals surface area (Å²) < 4.78 is 26.4. The van der Waals surface area contributed by atoms with Gasteiger partial charge < -0.3 is 19.3 Å². The van der Waals surface area contributed by atoms with Crippen LogP contribution in [0.3, 0.4) is 0 Å². The van der Waals surface area contributed by atoms with Gasteiger partial charge in [0, 0.05) is 54.9 Å². The molecule has 2 fully saturated rings. The number of rotatable bonds is 7. The third kappa shape index (κ3) is 4.17. The van der Waals surface area contributed by atoms with Gasteiger partial charge in [-0.15, -0.1) is 5.10 Å². The van der Waals surface area contributed by atoms with Gasteiger partial charge in [-0.25, -0.2) is 9.50 Å². The molecular formula is C21H28N6O3S. The molecule has 9 nitrogen and oxygen atoms in total. The van der Waals surface area contributed by atoms with Gasteiger partial charge in [-0.1, -0.05) is 11.2 Å². The minimum Gasteiger partial charge on any atom is -0.616 e. The van der Waals surface area contributed by atoms with Crippen LogP contribution < -0.4 is 5.32 Å². The number of aromatic nitrogens is 5. The smallest absolute Gasteiger partial charge is 0.241 e. The fourth-order valence-corrected chi connectivity index (χ4v) is 5.56. The zero-order chi connectivity index (χ0) is 21.4. The predicted octanol–water partition coefficient (Wildman–Crippen LogP) is 2.24. The Labute approximate surface area is 184 Å². The molecule has 0 spiro atoms. The first-order chi connectivity index (χ1) is 15.1. The number of nitrogens with zero attached hydrogens (tertiary/aromatic N) is 5. The van der Waals surface area contributed by atoms with E-state index in [0.29, 0.717) is 37.7 Å². The summed E-state index contributed by atoms with van der Waals surface area (Å²) in [6, 6.07) is 2.62. The average Bonchev–Trinajstić information content (AvgIpc) is 3.32. The molecule has 3 aromatic heterocycles. The normalized spacial score (nSPS) is 23.1. The van der Waals surface area contributed by atoms with E-state index in [-0.39, 0.29) is 6.04 Å². The van der Waals surface area contributed by atoms with E-state index in [0.717, 1.165) is 46.7 Å². The van der Waals surface area contributed by atoms with Crippen molar-refractivity contribution >= 4 is 22.6 Å². The molecule has 3 aromatic rings. The molecule has 0 unspecified atom stereocenters. The van der Waals surface area contributed by atoms with Crippen molar-refractivity contribution in [3.63, 3.8) is 0 Å². The molecule has 5 heterocycles. The molecule has 31 heavy (non-hydrogen) atoms. The first-order valence-corrected chi connectivity index (χ1v) is 12.2. The molecule has 0 amide bonds. The van der Waals surface area contributed by atoms with Gasteiger partial charge in [0.1, 0.15) is 11.5 Å². The van der Waals surface area contributed by atoms with Gasteiger partial charge in [-0.2, -0.15) is 5.10 Å². The Balaban J connectivity index is 1.53. The largest absolute Gasteiger partial charge is 0.616 e. The van der Waals surface area contributed by atoms with E-state index in [9.17, 15) is 4.55 Å². The standard InChI is InChI=1S/C21H28N6O3S/c1-14(11-29-2)24-21-22-9-20-18(16-8-23-26(10-16)17-12-30-13-17)7-19(27(20)25-21)15-3-5-31(28)6-4-15/h7-10,14-15,17H,3-6,11-13H2,1-2H3,(H,24,25)/t14-,15-,31-/m0/s1. The highest BCUT2D eigenvalue weighted by Gasteiger charge is 2.28. The first kappa shape index (κ1) is 20.7. The molecule has 1 atom stereocenters. The Hall–Kier alpha value is -2.14. The zero-order valence-corrected chi connectivity index (χ0v) is 18.7. The second kappa shape index (κ2) is 8.78. The average molecular weight is 445 g/mol. The Kier molecular flexibility index (Phi) is 5.87. The van der Waals surface area contributed by atoms with Crippen molar-refractivity contribution in [2.24, 2.45) is 0 Å². The molecule has 0 aromatic carbocycles. The molecule has 0 bridgehead atoms. The Morgan fingerprint density at radius 2 is 2.13 bits per heavy atom. The van der Waals surface area contributed by atoms with Crippen LogP contribution in [0.2, 0.25) is 0 Å². The molecule has 2 aliphatic rings. The molecule has 0 saturated carbocycles. The molecule has 166 valence electrons. The van der Waals surface area contributed by atoms with Crippen LogP contribution in [0.4, 0.5) is 5.95 Å². The number of fused-ring (bicyclic) bond motifs is 1. The first-order valence-electron chi connectivity index (χ1n) is 10.7. The minimum absolute atomic E-state index is 0.0981. The molecule has 0 aliphatic carbocycles. The fraction of sp³-hybridized carbons (Fsp3) is 0.571. The van der Waals surface area contributed by atoms with Gasteiger partial charge in [0.25, 0.3) is 0 Å². The quantitative estimate of drug-likeness (QED) is 0.558. The second-order valence-electron chi connectivity index (χ2n) is 8.39. The summed E-state index contributed by atoms with van der Waals surface area (Å²) in [7, 11) is 1.68. The third-order valence-corrected chi connectivity index (χ3v) is 7.43. The van der Waals surface area contributed by atoms with E-state index in [4.69, 9.17) is 14.6 Å². The SMILES string of the molecule is COC[C@H](C)Nc1ncc2c(-c3cnn(C4COC4)c3)cc([C@H]3CC[S@+]([O-])CC3)n2n1. The van der Waals surface area contributed by atoms with E-state index in [2.05, 4.69) is 27.7 Å². The molecule has 10 heteroatoms. The van der Waals surface area contributed by atoms with Crippen LogP contribution in [-0.4, -0.2) is 73.4 Å². The third-order valence-electron chi connectivity index (χ3n) is 6.05. The highest BCUT2D eigenvalue weighted by atomic mass is 32.2. The maximum atomic E-state index is 11.9. The van der Waals surface area contributed by atoms with Crippen molar-refractivity contribution in [1.82, 2.24) is 24.4 Å². The Morgan fingerprint density at radius 3 is 2.84 bits per heavy atom. The van der Waals surface area contributed by atoms with Crippen LogP contribution in [0.15, 0.2) is 24.7 Å². The summed E-state index contributed by atoms with van der Waals surface area (Å²) >= 11 is -0.702.